The summed E-state index contributed by atoms with van der Waals surface area (Å²) in [5.74, 6) is 0. The van der Waals surface area contributed by atoms with Crippen molar-refractivity contribution in [1.29, 1.82) is 0 Å². The van der Waals surface area contributed by atoms with Gasteiger partial charge in [0.1, 0.15) is 0 Å². The van der Waals surface area contributed by atoms with Crippen molar-refractivity contribution in [1.82, 2.24) is 0 Å². The van der Waals surface area contributed by atoms with E-state index in [1.165, 1.54) is 12.6 Å². The molecule has 0 aromatic heterocycles. The number of hydrogen-bond donors (Lipinski definition) is 0. The summed E-state index contributed by atoms with van der Waals surface area (Å²) in [5, 5.41) is -0.574. The molecule has 72 valence electrons. The standard InChI is InChI=1S/C8Cl4O2/c9-5-3(1-13)6(10)8(12)7(11)4(5)2-14. The quantitative estimate of drug-likeness (QED) is 0.610. The Bertz CT molecular complexity index is 379. The van der Waals surface area contributed by atoms with Gasteiger partial charge in [-0.3, -0.25) is 9.59 Å². The molecule has 1 rings (SSSR count). The molecule has 0 unspecified atom stereocenters. The maximum atomic E-state index is 10.5. The zero-order valence-corrected chi connectivity index (χ0v) is 9.35. The zero-order chi connectivity index (χ0) is 10.9. The number of halogens is 4. The normalized spacial score (nSPS) is 10.0. The van der Waals surface area contributed by atoms with E-state index >= 15 is 0 Å². The molecule has 2 radical (unpaired) electrons. The lowest BCUT2D eigenvalue weighted by molar-refractivity contribution is 0.562. The monoisotopic (exact) mass is 268 g/mol. The lowest BCUT2D eigenvalue weighted by Crippen LogP contribution is -1.94. The van der Waals surface area contributed by atoms with Crippen LogP contribution in [0, 0.1) is 0 Å². The molecule has 6 heteroatoms. The molecule has 0 saturated heterocycles. The molecule has 0 aliphatic heterocycles. The largest absolute Gasteiger partial charge is 0.285 e. The third-order valence-electron chi connectivity index (χ3n) is 1.47. The Morgan fingerprint density at radius 2 is 1.00 bits per heavy atom. The van der Waals surface area contributed by atoms with Crippen molar-refractivity contribution in [2.45, 2.75) is 0 Å². The summed E-state index contributed by atoms with van der Waals surface area (Å²) in [7, 11) is 0. The van der Waals surface area contributed by atoms with E-state index in [-0.39, 0.29) is 31.2 Å². The fraction of sp³-hybridized carbons (Fsp3) is 0. The minimum absolute atomic E-state index is 0.116. The van der Waals surface area contributed by atoms with Gasteiger partial charge in [-0.25, -0.2) is 0 Å². The summed E-state index contributed by atoms with van der Waals surface area (Å²) in [6.07, 6.45) is 2.94. The molecule has 14 heavy (non-hydrogen) atoms. The second kappa shape index (κ2) is 4.49. The minimum Gasteiger partial charge on any atom is -0.285 e. The van der Waals surface area contributed by atoms with Crippen molar-refractivity contribution < 1.29 is 9.59 Å². The van der Waals surface area contributed by atoms with Crippen LogP contribution >= 0.6 is 46.4 Å². The molecule has 0 fully saturated rings. The van der Waals surface area contributed by atoms with E-state index in [2.05, 4.69) is 0 Å². The molecule has 0 bridgehead atoms. The maximum absolute atomic E-state index is 10.5. The second-order valence-corrected chi connectivity index (χ2v) is 3.72. The van der Waals surface area contributed by atoms with E-state index in [4.69, 9.17) is 46.4 Å². The predicted molar refractivity (Wildman–Crippen MR) is 56.1 cm³/mol. The van der Waals surface area contributed by atoms with Crippen LogP contribution in [0.2, 0.25) is 20.1 Å². The summed E-state index contributed by atoms with van der Waals surface area (Å²) in [6.45, 7) is 0. The van der Waals surface area contributed by atoms with Crippen molar-refractivity contribution >= 4 is 59.0 Å². The van der Waals surface area contributed by atoms with E-state index in [0.29, 0.717) is 0 Å². The summed E-state index contributed by atoms with van der Waals surface area (Å²) >= 11 is 22.6. The predicted octanol–water partition coefficient (Wildman–Crippen LogP) is 3.22. The SMILES string of the molecule is O=[C]c1c(Cl)c(Cl)c(Cl)c([C]=O)c1Cl. The lowest BCUT2D eigenvalue weighted by Gasteiger charge is -2.06. The van der Waals surface area contributed by atoms with Crippen LogP contribution in [0.3, 0.4) is 0 Å². The van der Waals surface area contributed by atoms with Crippen LogP contribution in [-0.4, -0.2) is 12.6 Å². The molecule has 1 aromatic carbocycles. The van der Waals surface area contributed by atoms with Crippen LogP contribution in [0.5, 0.6) is 0 Å². The third-order valence-corrected chi connectivity index (χ3v) is 3.17. The van der Waals surface area contributed by atoms with Gasteiger partial charge in [0.05, 0.1) is 31.2 Å². The highest BCUT2D eigenvalue weighted by molar-refractivity contribution is 6.52. The average Bonchev–Trinajstić information content (AvgIpc) is 2.16. The van der Waals surface area contributed by atoms with Crippen LogP contribution in [0.15, 0.2) is 0 Å². The molecule has 0 saturated carbocycles. The summed E-state index contributed by atoms with van der Waals surface area (Å²) in [5.41, 5.74) is -0.387. The number of benzene rings is 1. The van der Waals surface area contributed by atoms with Gasteiger partial charge in [-0.15, -0.1) is 0 Å². The van der Waals surface area contributed by atoms with Gasteiger partial charge in [0.15, 0.2) is 0 Å². The van der Waals surface area contributed by atoms with E-state index in [1.54, 1.807) is 0 Å². The van der Waals surface area contributed by atoms with E-state index in [0.717, 1.165) is 0 Å². The van der Waals surface area contributed by atoms with Crippen molar-refractivity contribution in [2.24, 2.45) is 0 Å². The first-order valence-corrected chi connectivity index (χ1v) is 4.68. The molecular weight excluding hydrogens is 270 g/mol. The highest BCUT2D eigenvalue weighted by Gasteiger charge is 2.20. The molecule has 0 atom stereocenters. The Morgan fingerprint density at radius 3 is 1.29 bits per heavy atom. The Morgan fingerprint density at radius 1 is 0.643 bits per heavy atom. The zero-order valence-electron chi connectivity index (χ0n) is 6.33. The average molecular weight is 270 g/mol. The van der Waals surface area contributed by atoms with Crippen LogP contribution in [0.4, 0.5) is 0 Å². The molecular formula is C8Cl4O2. The minimum atomic E-state index is -0.200. The van der Waals surface area contributed by atoms with Crippen LogP contribution in [0.25, 0.3) is 0 Å². The molecule has 0 amide bonds. The Kier molecular flexibility index (Phi) is 3.78. The highest BCUT2D eigenvalue weighted by Crippen LogP contribution is 2.39. The number of carbonyl (C=O) groups excluding carboxylic acids is 2. The fourth-order valence-corrected chi connectivity index (χ4v) is 1.87. The lowest BCUT2D eigenvalue weighted by atomic mass is 10.1. The molecule has 2 nitrogen and oxygen atoms in total. The topological polar surface area (TPSA) is 34.1 Å². The van der Waals surface area contributed by atoms with Gasteiger partial charge >= 0.3 is 0 Å². The first kappa shape index (κ1) is 11.8. The van der Waals surface area contributed by atoms with Gasteiger partial charge in [-0.1, -0.05) is 46.4 Å². The first-order valence-electron chi connectivity index (χ1n) is 3.16. The molecule has 0 heterocycles. The van der Waals surface area contributed by atoms with Crippen molar-refractivity contribution in [3.63, 3.8) is 0 Å². The summed E-state index contributed by atoms with van der Waals surface area (Å²) in [6, 6.07) is 0. The van der Waals surface area contributed by atoms with E-state index in [9.17, 15) is 9.59 Å². The summed E-state index contributed by atoms with van der Waals surface area (Å²) < 4.78 is 0. The molecule has 1 aromatic rings. The van der Waals surface area contributed by atoms with E-state index in [1.807, 2.05) is 0 Å². The van der Waals surface area contributed by atoms with Gasteiger partial charge in [0, 0.05) is 0 Å². The number of hydrogen-bond acceptors (Lipinski definition) is 2. The maximum Gasteiger partial charge on any atom is 0.236 e. The smallest absolute Gasteiger partial charge is 0.236 e. The first-order chi connectivity index (χ1) is 6.54. The molecule has 0 spiro atoms. The van der Waals surface area contributed by atoms with Crippen LogP contribution < -0.4 is 0 Å². The van der Waals surface area contributed by atoms with Crippen LogP contribution in [0.1, 0.15) is 11.1 Å². The molecule has 0 aliphatic carbocycles. The third kappa shape index (κ3) is 1.75. The van der Waals surface area contributed by atoms with Gasteiger partial charge in [0.25, 0.3) is 0 Å². The Balaban J connectivity index is 3.72. The van der Waals surface area contributed by atoms with E-state index < -0.39 is 0 Å². The fourth-order valence-electron chi connectivity index (χ4n) is 0.813. The van der Waals surface area contributed by atoms with Gasteiger partial charge in [0.2, 0.25) is 12.6 Å². The Hall–Kier alpha value is -0.280. The van der Waals surface area contributed by atoms with Gasteiger partial charge in [-0.05, 0) is 0 Å². The Labute approximate surface area is 99.7 Å². The van der Waals surface area contributed by atoms with Crippen molar-refractivity contribution in [3.05, 3.63) is 31.2 Å². The van der Waals surface area contributed by atoms with Crippen molar-refractivity contribution in [2.75, 3.05) is 0 Å². The highest BCUT2D eigenvalue weighted by atomic mass is 35.5. The van der Waals surface area contributed by atoms with Gasteiger partial charge < -0.3 is 0 Å². The molecule has 0 aliphatic rings. The van der Waals surface area contributed by atoms with Gasteiger partial charge in [-0.2, -0.15) is 0 Å². The van der Waals surface area contributed by atoms with Crippen LogP contribution in [-0.2, 0) is 9.59 Å². The second-order valence-electron chi connectivity index (χ2n) is 2.21. The molecule has 0 N–H and O–H groups in total. The summed E-state index contributed by atoms with van der Waals surface area (Å²) in [4.78, 5) is 20.9. The number of rotatable bonds is 2. The van der Waals surface area contributed by atoms with Crippen molar-refractivity contribution in [3.8, 4) is 0 Å².